The van der Waals surface area contributed by atoms with Crippen LogP contribution in [0, 0.1) is 0 Å². The Hall–Kier alpha value is -0.980. The number of carbonyl (C=O) groups is 1. The zero-order chi connectivity index (χ0) is 12.8. The summed E-state index contributed by atoms with van der Waals surface area (Å²) in [7, 11) is 3.97. The molecule has 0 aromatic carbocycles. The van der Waals surface area contributed by atoms with Crippen molar-refractivity contribution >= 4 is 17.2 Å². The Kier molecular flexibility index (Phi) is 5.54. The van der Waals surface area contributed by atoms with E-state index in [1.54, 1.807) is 5.38 Å². The molecular weight excluding hydrogens is 236 g/mol. The second kappa shape index (κ2) is 6.68. The van der Waals surface area contributed by atoms with Crippen LogP contribution in [0.2, 0.25) is 0 Å². The lowest BCUT2D eigenvalue weighted by Gasteiger charge is -2.19. The molecule has 17 heavy (non-hydrogen) atoms. The average molecular weight is 256 g/mol. The fourth-order valence-corrected chi connectivity index (χ4v) is 1.96. The van der Waals surface area contributed by atoms with Crippen LogP contribution in [0.4, 0.5) is 0 Å². The van der Waals surface area contributed by atoms with Crippen molar-refractivity contribution in [3.05, 3.63) is 16.1 Å². The van der Waals surface area contributed by atoms with Crippen LogP contribution in [0.15, 0.2) is 5.38 Å². The molecule has 0 aliphatic carbocycles. The Bertz CT molecular complexity index is 364. The van der Waals surface area contributed by atoms with Crippen molar-refractivity contribution in [1.82, 2.24) is 15.2 Å². The SMILES string of the molecule is CC(CNC(=O)c1csc(CCN)n1)N(C)C. The van der Waals surface area contributed by atoms with Crippen LogP contribution in [-0.2, 0) is 6.42 Å². The molecule has 0 fully saturated rings. The van der Waals surface area contributed by atoms with Crippen molar-refractivity contribution in [2.75, 3.05) is 27.2 Å². The highest BCUT2D eigenvalue weighted by Crippen LogP contribution is 2.09. The highest BCUT2D eigenvalue weighted by Gasteiger charge is 2.12. The molecule has 0 aliphatic rings. The number of likely N-dealkylation sites (N-methyl/N-ethyl adjacent to an activating group) is 1. The summed E-state index contributed by atoms with van der Waals surface area (Å²) >= 11 is 1.48. The van der Waals surface area contributed by atoms with Crippen molar-refractivity contribution in [2.24, 2.45) is 5.73 Å². The van der Waals surface area contributed by atoms with Gasteiger partial charge < -0.3 is 16.0 Å². The number of amides is 1. The first-order chi connectivity index (χ1) is 8.04. The third-order valence-corrected chi connectivity index (χ3v) is 3.49. The van der Waals surface area contributed by atoms with E-state index in [0.717, 1.165) is 11.4 Å². The number of thiazole rings is 1. The molecule has 1 unspecified atom stereocenters. The quantitative estimate of drug-likeness (QED) is 0.769. The van der Waals surface area contributed by atoms with Gasteiger partial charge in [-0.25, -0.2) is 4.98 Å². The Balaban J connectivity index is 2.46. The predicted octanol–water partition coefficient (Wildman–Crippen LogP) is 0.324. The van der Waals surface area contributed by atoms with Crippen LogP contribution in [0.25, 0.3) is 0 Å². The number of nitrogens with zero attached hydrogens (tertiary/aromatic N) is 2. The van der Waals surface area contributed by atoms with Gasteiger partial charge in [0.25, 0.3) is 5.91 Å². The standard InChI is InChI=1S/C11H20N4OS/c1-8(15(2)3)6-13-11(16)9-7-17-10(14-9)4-5-12/h7-8H,4-6,12H2,1-3H3,(H,13,16). The van der Waals surface area contributed by atoms with Gasteiger partial charge in [0.05, 0.1) is 5.01 Å². The van der Waals surface area contributed by atoms with Crippen LogP contribution >= 0.6 is 11.3 Å². The topological polar surface area (TPSA) is 71.2 Å². The lowest BCUT2D eigenvalue weighted by atomic mass is 10.3. The molecule has 5 nitrogen and oxygen atoms in total. The van der Waals surface area contributed by atoms with Gasteiger partial charge in [0.15, 0.2) is 0 Å². The van der Waals surface area contributed by atoms with Gasteiger partial charge in [0.1, 0.15) is 5.69 Å². The molecule has 1 atom stereocenters. The van der Waals surface area contributed by atoms with E-state index in [-0.39, 0.29) is 5.91 Å². The van der Waals surface area contributed by atoms with Crippen molar-refractivity contribution in [3.8, 4) is 0 Å². The second-order valence-corrected chi connectivity index (χ2v) is 5.13. The highest BCUT2D eigenvalue weighted by atomic mass is 32.1. The molecule has 0 saturated carbocycles. The number of rotatable bonds is 6. The van der Waals surface area contributed by atoms with Crippen molar-refractivity contribution in [1.29, 1.82) is 0 Å². The van der Waals surface area contributed by atoms with Gasteiger partial charge in [0.2, 0.25) is 0 Å². The first-order valence-corrected chi connectivity index (χ1v) is 6.51. The molecule has 1 aromatic rings. The zero-order valence-electron chi connectivity index (χ0n) is 10.6. The molecule has 0 aliphatic heterocycles. The Morgan fingerprint density at radius 3 is 2.94 bits per heavy atom. The lowest BCUT2D eigenvalue weighted by molar-refractivity contribution is 0.0939. The number of hydrogen-bond donors (Lipinski definition) is 2. The van der Waals surface area contributed by atoms with E-state index in [4.69, 9.17) is 5.73 Å². The molecule has 1 amide bonds. The maximum absolute atomic E-state index is 11.8. The number of hydrogen-bond acceptors (Lipinski definition) is 5. The van der Waals surface area contributed by atoms with Crippen molar-refractivity contribution in [2.45, 2.75) is 19.4 Å². The molecule has 0 saturated heterocycles. The van der Waals surface area contributed by atoms with E-state index in [9.17, 15) is 4.79 Å². The summed E-state index contributed by atoms with van der Waals surface area (Å²) in [6.07, 6.45) is 0.728. The normalized spacial score (nSPS) is 12.8. The van der Waals surface area contributed by atoms with Crippen LogP contribution in [-0.4, -0.2) is 49.0 Å². The van der Waals surface area contributed by atoms with E-state index in [1.807, 2.05) is 14.1 Å². The van der Waals surface area contributed by atoms with Crippen LogP contribution in [0.3, 0.4) is 0 Å². The minimum absolute atomic E-state index is 0.113. The van der Waals surface area contributed by atoms with Gasteiger partial charge in [-0.1, -0.05) is 0 Å². The fraction of sp³-hybridized carbons (Fsp3) is 0.636. The summed E-state index contributed by atoms with van der Waals surface area (Å²) in [5.74, 6) is -0.113. The van der Waals surface area contributed by atoms with Crippen molar-refractivity contribution in [3.63, 3.8) is 0 Å². The Labute approximate surface area is 106 Å². The van der Waals surface area contributed by atoms with Gasteiger partial charge in [-0.05, 0) is 27.6 Å². The number of nitrogens with one attached hydrogen (secondary N) is 1. The monoisotopic (exact) mass is 256 g/mol. The fourth-order valence-electron chi connectivity index (χ4n) is 1.17. The smallest absolute Gasteiger partial charge is 0.270 e. The number of nitrogens with two attached hydrogens (primary N) is 1. The van der Waals surface area contributed by atoms with Gasteiger partial charge in [-0.2, -0.15) is 0 Å². The van der Waals surface area contributed by atoms with E-state index in [1.165, 1.54) is 11.3 Å². The first kappa shape index (κ1) is 14.1. The molecule has 6 heteroatoms. The number of carbonyl (C=O) groups excluding carboxylic acids is 1. The van der Waals surface area contributed by atoms with Gasteiger partial charge in [-0.3, -0.25) is 4.79 Å². The molecule has 3 N–H and O–H groups in total. The summed E-state index contributed by atoms with van der Waals surface area (Å²) in [4.78, 5) is 18.1. The molecule has 1 heterocycles. The van der Waals surface area contributed by atoms with E-state index >= 15 is 0 Å². The minimum atomic E-state index is -0.113. The second-order valence-electron chi connectivity index (χ2n) is 4.19. The van der Waals surface area contributed by atoms with Gasteiger partial charge >= 0.3 is 0 Å². The van der Waals surface area contributed by atoms with Crippen LogP contribution < -0.4 is 11.1 Å². The first-order valence-electron chi connectivity index (χ1n) is 5.63. The van der Waals surface area contributed by atoms with E-state index in [2.05, 4.69) is 22.1 Å². The van der Waals surface area contributed by atoms with Gasteiger partial charge in [0, 0.05) is 24.4 Å². The van der Waals surface area contributed by atoms with E-state index < -0.39 is 0 Å². The summed E-state index contributed by atoms with van der Waals surface area (Å²) in [6.45, 7) is 3.24. The molecule has 1 rings (SSSR count). The summed E-state index contributed by atoms with van der Waals surface area (Å²) in [6, 6.07) is 0.307. The zero-order valence-corrected chi connectivity index (χ0v) is 11.4. The summed E-state index contributed by atoms with van der Waals surface area (Å²) in [5.41, 5.74) is 5.93. The Morgan fingerprint density at radius 2 is 2.35 bits per heavy atom. The van der Waals surface area contributed by atoms with Crippen LogP contribution in [0.1, 0.15) is 22.4 Å². The molecular formula is C11H20N4OS. The third kappa shape index (κ3) is 4.41. The largest absolute Gasteiger partial charge is 0.349 e. The Morgan fingerprint density at radius 1 is 1.65 bits per heavy atom. The van der Waals surface area contributed by atoms with Crippen molar-refractivity contribution < 1.29 is 4.79 Å². The maximum atomic E-state index is 11.8. The van der Waals surface area contributed by atoms with Crippen LogP contribution in [0.5, 0.6) is 0 Å². The number of aromatic nitrogens is 1. The third-order valence-electron chi connectivity index (χ3n) is 2.58. The van der Waals surface area contributed by atoms with Gasteiger partial charge in [-0.15, -0.1) is 11.3 Å². The molecule has 0 bridgehead atoms. The average Bonchev–Trinajstić information content (AvgIpc) is 2.74. The highest BCUT2D eigenvalue weighted by molar-refractivity contribution is 7.09. The molecule has 0 spiro atoms. The lowest BCUT2D eigenvalue weighted by Crippen LogP contribution is -2.38. The maximum Gasteiger partial charge on any atom is 0.270 e. The predicted molar refractivity (Wildman–Crippen MR) is 70.4 cm³/mol. The minimum Gasteiger partial charge on any atom is -0.349 e. The summed E-state index contributed by atoms with van der Waals surface area (Å²) in [5, 5.41) is 5.56. The molecule has 1 aromatic heterocycles. The molecule has 0 radical (unpaired) electrons. The molecule has 96 valence electrons. The van der Waals surface area contributed by atoms with E-state index in [0.29, 0.717) is 24.8 Å². The summed E-state index contributed by atoms with van der Waals surface area (Å²) < 4.78 is 0.